The SMILES string of the molecule is O=C(NC1CC1)c1nnc(Cc2ccc(F)cc2)o1. The van der Waals surface area contributed by atoms with Gasteiger partial charge in [0.25, 0.3) is 0 Å². The van der Waals surface area contributed by atoms with Crippen molar-refractivity contribution in [2.45, 2.75) is 25.3 Å². The molecule has 1 amide bonds. The van der Waals surface area contributed by atoms with Crippen LogP contribution in [0.1, 0.15) is 35.0 Å². The van der Waals surface area contributed by atoms with E-state index < -0.39 is 0 Å². The van der Waals surface area contributed by atoms with E-state index in [4.69, 9.17) is 4.42 Å². The third kappa shape index (κ3) is 2.96. The molecule has 5 nitrogen and oxygen atoms in total. The van der Waals surface area contributed by atoms with Gasteiger partial charge in [-0.15, -0.1) is 10.2 Å². The van der Waals surface area contributed by atoms with Crippen LogP contribution in [0.2, 0.25) is 0 Å². The summed E-state index contributed by atoms with van der Waals surface area (Å²) in [6.45, 7) is 0. The highest BCUT2D eigenvalue weighted by Crippen LogP contribution is 2.19. The molecule has 1 saturated carbocycles. The number of hydrogen-bond donors (Lipinski definition) is 1. The zero-order chi connectivity index (χ0) is 13.2. The Morgan fingerprint density at radius 1 is 1.32 bits per heavy atom. The van der Waals surface area contributed by atoms with Gasteiger partial charge in [0.1, 0.15) is 5.82 Å². The van der Waals surface area contributed by atoms with Crippen molar-refractivity contribution in [1.82, 2.24) is 15.5 Å². The maximum atomic E-state index is 12.8. The Morgan fingerprint density at radius 2 is 2.05 bits per heavy atom. The first-order chi connectivity index (χ1) is 9.20. The molecule has 0 saturated heterocycles. The van der Waals surface area contributed by atoms with E-state index in [-0.39, 0.29) is 23.7 Å². The first-order valence-corrected chi connectivity index (χ1v) is 6.08. The van der Waals surface area contributed by atoms with Crippen LogP contribution in [-0.2, 0) is 6.42 Å². The lowest BCUT2D eigenvalue weighted by Crippen LogP contribution is -2.25. The van der Waals surface area contributed by atoms with E-state index >= 15 is 0 Å². The molecule has 1 heterocycles. The lowest BCUT2D eigenvalue weighted by Gasteiger charge is -1.97. The molecule has 1 fully saturated rings. The van der Waals surface area contributed by atoms with Crippen molar-refractivity contribution in [3.05, 3.63) is 47.4 Å². The van der Waals surface area contributed by atoms with E-state index in [1.165, 1.54) is 12.1 Å². The van der Waals surface area contributed by atoms with Gasteiger partial charge < -0.3 is 9.73 Å². The van der Waals surface area contributed by atoms with E-state index in [0.717, 1.165) is 18.4 Å². The Kier molecular flexibility index (Phi) is 2.98. The van der Waals surface area contributed by atoms with Gasteiger partial charge in [-0.2, -0.15) is 0 Å². The second kappa shape index (κ2) is 4.79. The van der Waals surface area contributed by atoms with Gasteiger partial charge in [-0.3, -0.25) is 4.79 Å². The lowest BCUT2D eigenvalue weighted by molar-refractivity contribution is 0.0914. The van der Waals surface area contributed by atoms with Crippen LogP contribution < -0.4 is 5.32 Å². The van der Waals surface area contributed by atoms with Crippen molar-refractivity contribution in [2.24, 2.45) is 0 Å². The Bertz CT molecular complexity index is 590. The van der Waals surface area contributed by atoms with Crippen molar-refractivity contribution in [3.8, 4) is 0 Å². The molecular formula is C13H12FN3O2. The molecule has 0 atom stereocenters. The zero-order valence-electron chi connectivity index (χ0n) is 10.1. The average Bonchev–Trinajstić information content (AvgIpc) is 3.08. The fourth-order valence-corrected chi connectivity index (χ4v) is 1.67. The minimum Gasteiger partial charge on any atom is -0.417 e. The molecule has 0 bridgehead atoms. The molecule has 98 valence electrons. The second-order valence-electron chi connectivity index (χ2n) is 4.55. The maximum absolute atomic E-state index is 12.8. The summed E-state index contributed by atoms with van der Waals surface area (Å²) in [6.07, 6.45) is 2.38. The van der Waals surface area contributed by atoms with Crippen LogP contribution in [0.5, 0.6) is 0 Å². The molecule has 1 aliphatic rings. The number of aromatic nitrogens is 2. The van der Waals surface area contributed by atoms with Crippen LogP contribution in [0.3, 0.4) is 0 Å². The van der Waals surface area contributed by atoms with Crippen molar-refractivity contribution < 1.29 is 13.6 Å². The highest BCUT2D eigenvalue weighted by atomic mass is 19.1. The van der Waals surface area contributed by atoms with Gasteiger partial charge in [0.2, 0.25) is 5.89 Å². The molecule has 1 aromatic heterocycles. The molecule has 6 heteroatoms. The van der Waals surface area contributed by atoms with Gasteiger partial charge in [-0.05, 0) is 30.5 Å². The summed E-state index contributed by atoms with van der Waals surface area (Å²) in [5.41, 5.74) is 0.846. The predicted molar refractivity (Wildman–Crippen MR) is 64.0 cm³/mol. The van der Waals surface area contributed by atoms with Gasteiger partial charge >= 0.3 is 11.8 Å². The highest BCUT2D eigenvalue weighted by molar-refractivity contribution is 5.89. The zero-order valence-corrected chi connectivity index (χ0v) is 10.1. The Labute approximate surface area is 108 Å². The van der Waals surface area contributed by atoms with Crippen LogP contribution in [0, 0.1) is 5.82 Å². The molecule has 2 aromatic rings. The minimum absolute atomic E-state index is 0.0241. The van der Waals surface area contributed by atoms with Gasteiger partial charge in [-0.25, -0.2) is 4.39 Å². The number of amides is 1. The molecule has 19 heavy (non-hydrogen) atoms. The van der Waals surface area contributed by atoms with Crippen molar-refractivity contribution in [2.75, 3.05) is 0 Å². The second-order valence-corrected chi connectivity index (χ2v) is 4.55. The van der Waals surface area contributed by atoms with Crippen LogP contribution in [0.15, 0.2) is 28.7 Å². The van der Waals surface area contributed by atoms with E-state index in [9.17, 15) is 9.18 Å². The topological polar surface area (TPSA) is 68.0 Å². The molecule has 0 aliphatic heterocycles. The normalized spacial score (nSPS) is 14.4. The lowest BCUT2D eigenvalue weighted by atomic mass is 10.1. The quantitative estimate of drug-likeness (QED) is 0.909. The summed E-state index contributed by atoms with van der Waals surface area (Å²) < 4.78 is 18.0. The number of benzene rings is 1. The molecule has 1 aromatic carbocycles. The molecule has 0 unspecified atom stereocenters. The molecular weight excluding hydrogens is 249 g/mol. The van der Waals surface area contributed by atoms with Gasteiger partial charge in [-0.1, -0.05) is 12.1 Å². The Balaban J connectivity index is 1.66. The van der Waals surface area contributed by atoms with Gasteiger partial charge in [0.15, 0.2) is 0 Å². The van der Waals surface area contributed by atoms with Crippen molar-refractivity contribution >= 4 is 5.91 Å². The van der Waals surface area contributed by atoms with E-state index in [1.54, 1.807) is 12.1 Å². The number of carbonyl (C=O) groups excluding carboxylic acids is 1. The monoisotopic (exact) mass is 261 g/mol. The molecule has 1 aliphatic carbocycles. The van der Waals surface area contributed by atoms with Crippen molar-refractivity contribution in [3.63, 3.8) is 0 Å². The third-order valence-electron chi connectivity index (χ3n) is 2.84. The van der Waals surface area contributed by atoms with Crippen LogP contribution >= 0.6 is 0 Å². The Morgan fingerprint density at radius 3 is 2.74 bits per heavy atom. The standard InChI is InChI=1S/C13H12FN3O2/c14-9-3-1-8(2-4-9)7-11-16-17-13(19-11)12(18)15-10-5-6-10/h1-4,10H,5-7H2,(H,15,18). The highest BCUT2D eigenvalue weighted by Gasteiger charge is 2.26. The van der Waals surface area contributed by atoms with Crippen LogP contribution in [-0.4, -0.2) is 22.1 Å². The number of hydrogen-bond acceptors (Lipinski definition) is 4. The van der Waals surface area contributed by atoms with Gasteiger partial charge in [0.05, 0.1) is 6.42 Å². The summed E-state index contributed by atoms with van der Waals surface area (Å²) in [4.78, 5) is 11.6. The largest absolute Gasteiger partial charge is 0.417 e. The summed E-state index contributed by atoms with van der Waals surface area (Å²) >= 11 is 0. The number of carbonyl (C=O) groups is 1. The van der Waals surface area contributed by atoms with Gasteiger partial charge in [0, 0.05) is 6.04 Å². The van der Waals surface area contributed by atoms with E-state index in [1.807, 2.05) is 0 Å². The van der Waals surface area contributed by atoms with Crippen molar-refractivity contribution in [1.29, 1.82) is 0 Å². The number of nitrogens with zero attached hydrogens (tertiary/aromatic N) is 2. The summed E-state index contributed by atoms with van der Waals surface area (Å²) in [5, 5.41) is 10.3. The number of halogens is 1. The molecule has 0 radical (unpaired) electrons. The molecule has 1 N–H and O–H groups in total. The summed E-state index contributed by atoms with van der Waals surface area (Å²) in [6, 6.07) is 6.27. The smallest absolute Gasteiger partial charge is 0.309 e. The number of rotatable bonds is 4. The predicted octanol–water partition coefficient (Wildman–Crippen LogP) is 1.69. The summed E-state index contributed by atoms with van der Waals surface area (Å²) in [5.74, 6) is -0.310. The Hall–Kier alpha value is -2.24. The van der Waals surface area contributed by atoms with Crippen LogP contribution in [0.4, 0.5) is 4.39 Å². The summed E-state index contributed by atoms with van der Waals surface area (Å²) in [7, 11) is 0. The molecule has 0 spiro atoms. The van der Waals surface area contributed by atoms with E-state index in [0.29, 0.717) is 12.3 Å². The average molecular weight is 261 g/mol. The first kappa shape index (κ1) is 11.8. The molecule has 3 rings (SSSR count). The minimum atomic E-state index is -0.333. The first-order valence-electron chi connectivity index (χ1n) is 6.08. The van der Waals surface area contributed by atoms with Crippen LogP contribution in [0.25, 0.3) is 0 Å². The third-order valence-corrected chi connectivity index (χ3v) is 2.84. The number of nitrogens with one attached hydrogen (secondary N) is 1. The fourth-order valence-electron chi connectivity index (χ4n) is 1.67. The fraction of sp³-hybridized carbons (Fsp3) is 0.308. The maximum Gasteiger partial charge on any atom is 0.309 e. The van der Waals surface area contributed by atoms with E-state index in [2.05, 4.69) is 15.5 Å².